The smallest absolute Gasteiger partial charge is 0.273 e. The predicted octanol–water partition coefficient (Wildman–Crippen LogP) is 5.85. The van der Waals surface area contributed by atoms with Crippen molar-refractivity contribution >= 4 is 33.0 Å². The van der Waals surface area contributed by atoms with Gasteiger partial charge in [0.15, 0.2) is 11.5 Å². The number of thiophene rings is 1. The maximum Gasteiger partial charge on any atom is 0.273 e. The standard InChI is InChI=1S/C26H25ClN2O3S/c1-28-12-3-4-21(16-28)32-22-10-9-20(15-23(22)31-2)29-13-11-18-14-24(33-25(18)26(29)30)17-5-7-19(27)8-6-17/h5-11,13-15,21H,3-4,12,16H2,1-2H3. The highest BCUT2D eigenvalue weighted by atomic mass is 35.5. The Balaban J connectivity index is 1.47. The van der Waals surface area contributed by atoms with Crippen LogP contribution in [0.25, 0.3) is 26.2 Å². The summed E-state index contributed by atoms with van der Waals surface area (Å²) in [6.07, 6.45) is 4.10. The summed E-state index contributed by atoms with van der Waals surface area (Å²) in [6, 6.07) is 17.4. The molecule has 7 heteroatoms. The highest BCUT2D eigenvalue weighted by Crippen LogP contribution is 2.34. The van der Waals surface area contributed by atoms with E-state index in [4.69, 9.17) is 21.1 Å². The summed E-state index contributed by atoms with van der Waals surface area (Å²) < 4.78 is 14.2. The number of ether oxygens (including phenoxy) is 2. The summed E-state index contributed by atoms with van der Waals surface area (Å²) in [5, 5.41) is 1.62. The average molecular weight is 481 g/mol. The van der Waals surface area contributed by atoms with Gasteiger partial charge in [-0.1, -0.05) is 23.7 Å². The lowest BCUT2D eigenvalue weighted by Crippen LogP contribution is -2.38. The van der Waals surface area contributed by atoms with Crippen molar-refractivity contribution < 1.29 is 9.47 Å². The van der Waals surface area contributed by atoms with Crippen molar-refractivity contribution in [3.8, 4) is 27.6 Å². The van der Waals surface area contributed by atoms with Gasteiger partial charge in [0, 0.05) is 34.1 Å². The van der Waals surface area contributed by atoms with Gasteiger partial charge in [0.1, 0.15) is 10.8 Å². The van der Waals surface area contributed by atoms with Crippen LogP contribution in [0.4, 0.5) is 0 Å². The van der Waals surface area contributed by atoms with E-state index in [2.05, 4.69) is 11.9 Å². The topological polar surface area (TPSA) is 43.7 Å². The van der Waals surface area contributed by atoms with E-state index in [1.54, 1.807) is 11.7 Å². The van der Waals surface area contributed by atoms with Gasteiger partial charge in [-0.05, 0) is 68.4 Å². The molecule has 0 N–H and O–H groups in total. The minimum Gasteiger partial charge on any atom is -0.493 e. The Kier molecular flexibility index (Phi) is 6.15. The zero-order valence-electron chi connectivity index (χ0n) is 18.6. The number of nitrogens with zero attached hydrogens (tertiary/aromatic N) is 2. The van der Waals surface area contributed by atoms with E-state index >= 15 is 0 Å². The lowest BCUT2D eigenvalue weighted by molar-refractivity contribution is 0.101. The van der Waals surface area contributed by atoms with Gasteiger partial charge in [-0.3, -0.25) is 9.36 Å². The van der Waals surface area contributed by atoms with Gasteiger partial charge in [0.05, 0.1) is 12.8 Å². The molecule has 1 aliphatic heterocycles. The molecular formula is C26H25ClN2O3S. The molecule has 1 fully saturated rings. The van der Waals surface area contributed by atoms with Gasteiger partial charge in [0.2, 0.25) is 0 Å². The third kappa shape index (κ3) is 4.51. The Morgan fingerprint density at radius 2 is 1.88 bits per heavy atom. The number of pyridine rings is 1. The molecule has 1 atom stereocenters. The van der Waals surface area contributed by atoms with E-state index in [9.17, 15) is 4.79 Å². The van der Waals surface area contributed by atoms with Gasteiger partial charge in [0.25, 0.3) is 5.56 Å². The molecule has 0 amide bonds. The molecule has 33 heavy (non-hydrogen) atoms. The molecule has 170 valence electrons. The van der Waals surface area contributed by atoms with E-state index in [1.807, 2.05) is 60.8 Å². The van der Waals surface area contributed by atoms with Gasteiger partial charge in [-0.15, -0.1) is 11.3 Å². The van der Waals surface area contributed by atoms with Gasteiger partial charge in [-0.25, -0.2) is 0 Å². The number of hydrogen-bond donors (Lipinski definition) is 0. The molecule has 0 saturated carbocycles. The average Bonchev–Trinajstić information content (AvgIpc) is 3.26. The van der Waals surface area contributed by atoms with Crippen LogP contribution in [0.15, 0.2) is 65.6 Å². The van der Waals surface area contributed by atoms with Crippen LogP contribution >= 0.6 is 22.9 Å². The summed E-state index contributed by atoms with van der Waals surface area (Å²) in [5.41, 5.74) is 1.73. The molecule has 3 heterocycles. The number of fused-ring (bicyclic) bond motifs is 1. The molecule has 1 saturated heterocycles. The van der Waals surface area contributed by atoms with Crippen LogP contribution in [-0.4, -0.2) is 42.8 Å². The van der Waals surface area contributed by atoms with Crippen molar-refractivity contribution in [2.24, 2.45) is 0 Å². The quantitative estimate of drug-likeness (QED) is 0.359. The number of likely N-dealkylation sites (tertiary alicyclic amines) is 1. The van der Waals surface area contributed by atoms with Crippen LogP contribution in [-0.2, 0) is 0 Å². The lowest BCUT2D eigenvalue weighted by Gasteiger charge is -2.30. The number of rotatable bonds is 5. The second-order valence-electron chi connectivity index (χ2n) is 8.37. The maximum atomic E-state index is 13.3. The Morgan fingerprint density at radius 3 is 2.64 bits per heavy atom. The molecule has 1 unspecified atom stereocenters. The third-order valence-electron chi connectivity index (χ3n) is 6.01. The second kappa shape index (κ2) is 9.21. The summed E-state index contributed by atoms with van der Waals surface area (Å²) in [6.45, 7) is 2.00. The first-order chi connectivity index (χ1) is 16.0. The Labute approximate surface area is 201 Å². The molecule has 0 bridgehead atoms. The molecule has 5 nitrogen and oxygen atoms in total. The fourth-order valence-corrected chi connectivity index (χ4v) is 5.50. The highest BCUT2D eigenvalue weighted by Gasteiger charge is 2.20. The summed E-state index contributed by atoms with van der Waals surface area (Å²) >= 11 is 7.51. The van der Waals surface area contributed by atoms with Crippen molar-refractivity contribution in [2.45, 2.75) is 18.9 Å². The number of likely N-dealkylation sites (N-methyl/N-ethyl adjacent to an activating group) is 1. The Hall–Kier alpha value is -2.80. The number of halogens is 1. The van der Waals surface area contributed by atoms with Crippen molar-refractivity contribution in [2.75, 3.05) is 27.2 Å². The van der Waals surface area contributed by atoms with Crippen molar-refractivity contribution in [1.29, 1.82) is 0 Å². The molecule has 4 aromatic rings. The number of methoxy groups -OCH3 is 1. The van der Waals surface area contributed by atoms with Crippen LogP contribution in [0.1, 0.15) is 12.8 Å². The predicted molar refractivity (Wildman–Crippen MR) is 136 cm³/mol. The number of benzene rings is 2. The van der Waals surface area contributed by atoms with Gasteiger partial charge < -0.3 is 14.4 Å². The first kappa shape index (κ1) is 22.0. The van der Waals surface area contributed by atoms with E-state index in [-0.39, 0.29) is 11.7 Å². The zero-order valence-corrected chi connectivity index (χ0v) is 20.2. The maximum absolute atomic E-state index is 13.3. The lowest BCUT2D eigenvalue weighted by atomic mass is 10.1. The van der Waals surface area contributed by atoms with E-state index in [0.29, 0.717) is 21.2 Å². The van der Waals surface area contributed by atoms with Gasteiger partial charge in [-0.2, -0.15) is 0 Å². The minimum absolute atomic E-state index is 0.0534. The number of piperidine rings is 1. The molecule has 5 rings (SSSR count). The van der Waals surface area contributed by atoms with Crippen molar-refractivity contribution in [3.63, 3.8) is 0 Å². The Morgan fingerprint density at radius 1 is 1.06 bits per heavy atom. The molecule has 0 spiro atoms. The zero-order chi connectivity index (χ0) is 22.9. The molecule has 1 aliphatic rings. The van der Waals surface area contributed by atoms with Crippen LogP contribution in [0, 0.1) is 0 Å². The molecular weight excluding hydrogens is 456 g/mol. The fraction of sp³-hybridized carbons (Fsp3) is 0.269. The second-order valence-corrected chi connectivity index (χ2v) is 9.86. The van der Waals surface area contributed by atoms with Crippen LogP contribution in [0.3, 0.4) is 0 Å². The molecule has 0 aliphatic carbocycles. The highest BCUT2D eigenvalue weighted by molar-refractivity contribution is 7.22. The Bertz CT molecular complexity index is 1350. The van der Waals surface area contributed by atoms with E-state index in [1.165, 1.54) is 11.3 Å². The van der Waals surface area contributed by atoms with E-state index in [0.717, 1.165) is 47.4 Å². The number of hydrogen-bond acceptors (Lipinski definition) is 5. The van der Waals surface area contributed by atoms with Crippen LogP contribution in [0.2, 0.25) is 5.02 Å². The normalized spacial score (nSPS) is 16.8. The van der Waals surface area contributed by atoms with Crippen LogP contribution < -0.4 is 15.0 Å². The largest absolute Gasteiger partial charge is 0.493 e. The SMILES string of the molecule is COc1cc(-n2ccc3cc(-c4ccc(Cl)cc4)sc3c2=O)ccc1OC1CCCN(C)C1. The van der Waals surface area contributed by atoms with Crippen molar-refractivity contribution in [3.05, 3.63) is 76.2 Å². The number of aromatic nitrogens is 1. The monoisotopic (exact) mass is 480 g/mol. The van der Waals surface area contributed by atoms with Crippen molar-refractivity contribution in [1.82, 2.24) is 9.47 Å². The molecule has 2 aromatic heterocycles. The fourth-order valence-electron chi connectivity index (χ4n) is 4.29. The molecule has 0 radical (unpaired) electrons. The van der Waals surface area contributed by atoms with Gasteiger partial charge >= 0.3 is 0 Å². The molecule has 2 aromatic carbocycles. The summed E-state index contributed by atoms with van der Waals surface area (Å²) in [5.74, 6) is 1.33. The van der Waals surface area contributed by atoms with E-state index < -0.39 is 0 Å². The first-order valence-electron chi connectivity index (χ1n) is 11.0. The third-order valence-corrected chi connectivity index (χ3v) is 7.45. The minimum atomic E-state index is -0.0534. The first-order valence-corrected chi connectivity index (χ1v) is 12.2. The summed E-state index contributed by atoms with van der Waals surface area (Å²) in [4.78, 5) is 16.7. The van der Waals surface area contributed by atoms with Crippen LogP contribution in [0.5, 0.6) is 11.5 Å². The summed E-state index contributed by atoms with van der Waals surface area (Å²) in [7, 11) is 3.74.